The SMILES string of the molecule is CN(CCCCCO)C(=O)CSCC(=O)N1CCOCC1. The van der Waals surface area contributed by atoms with Crippen LogP contribution in [0, 0.1) is 0 Å². The molecule has 1 heterocycles. The van der Waals surface area contributed by atoms with Crippen molar-refractivity contribution in [1.82, 2.24) is 9.80 Å². The molecule has 0 spiro atoms. The van der Waals surface area contributed by atoms with Gasteiger partial charge in [-0.25, -0.2) is 0 Å². The number of aliphatic hydroxyl groups is 1. The number of unbranched alkanes of at least 4 members (excludes halogenated alkanes) is 2. The van der Waals surface area contributed by atoms with Crippen molar-refractivity contribution in [3.05, 3.63) is 0 Å². The number of nitrogens with zero attached hydrogens (tertiary/aromatic N) is 2. The van der Waals surface area contributed by atoms with Gasteiger partial charge < -0.3 is 19.6 Å². The molecule has 122 valence electrons. The van der Waals surface area contributed by atoms with E-state index in [1.807, 2.05) is 0 Å². The van der Waals surface area contributed by atoms with E-state index in [2.05, 4.69) is 0 Å². The Hall–Kier alpha value is -0.790. The molecule has 7 heteroatoms. The summed E-state index contributed by atoms with van der Waals surface area (Å²) in [5, 5.41) is 8.69. The lowest BCUT2D eigenvalue weighted by Crippen LogP contribution is -2.41. The predicted molar refractivity (Wildman–Crippen MR) is 83.3 cm³/mol. The normalized spacial score (nSPS) is 15.0. The second-order valence-electron chi connectivity index (χ2n) is 5.09. The maximum Gasteiger partial charge on any atom is 0.232 e. The highest BCUT2D eigenvalue weighted by Gasteiger charge is 2.17. The lowest BCUT2D eigenvalue weighted by atomic mass is 10.2. The molecule has 0 aliphatic carbocycles. The molecule has 2 amide bonds. The molecular formula is C14H26N2O4S. The standard InChI is InChI=1S/C14H26N2O4S/c1-15(5-3-2-4-8-17)13(18)11-21-12-14(19)16-6-9-20-10-7-16/h17H,2-12H2,1H3. The van der Waals surface area contributed by atoms with Crippen LogP contribution < -0.4 is 0 Å². The Balaban J connectivity index is 2.10. The molecule has 0 atom stereocenters. The quantitative estimate of drug-likeness (QED) is 0.615. The van der Waals surface area contributed by atoms with E-state index in [9.17, 15) is 9.59 Å². The number of amides is 2. The van der Waals surface area contributed by atoms with E-state index in [4.69, 9.17) is 9.84 Å². The van der Waals surface area contributed by atoms with Crippen LogP contribution in [0.4, 0.5) is 0 Å². The van der Waals surface area contributed by atoms with Crippen LogP contribution in [0.1, 0.15) is 19.3 Å². The summed E-state index contributed by atoms with van der Waals surface area (Å²) in [6.07, 6.45) is 2.61. The zero-order chi connectivity index (χ0) is 15.5. The first-order valence-electron chi connectivity index (χ1n) is 7.43. The van der Waals surface area contributed by atoms with Crippen LogP contribution in [0.2, 0.25) is 0 Å². The van der Waals surface area contributed by atoms with Crippen LogP contribution in [0.25, 0.3) is 0 Å². The van der Waals surface area contributed by atoms with E-state index in [0.29, 0.717) is 44.4 Å². The van der Waals surface area contributed by atoms with Gasteiger partial charge in [-0.05, 0) is 19.3 Å². The fourth-order valence-electron chi connectivity index (χ4n) is 2.00. The van der Waals surface area contributed by atoms with E-state index in [-0.39, 0.29) is 18.4 Å². The zero-order valence-electron chi connectivity index (χ0n) is 12.8. The topological polar surface area (TPSA) is 70.1 Å². The Morgan fingerprint density at radius 1 is 1.19 bits per heavy atom. The maximum atomic E-state index is 11.9. The Morgan fingerprint density at radius 3 is 2.57 bits per heavy atom. The first-order valence-corrected chi connectivity index (χ1v) is 8.58. The van der Waals surface area contributed by atoms with E-state index < -0.39 is 0 Å². The summed E-state index contributed by atoms with van der Waals surface area (Å²) in [4.78, 5) is 27.3. The zero-order valence-corrected chi connectivity index (χ0v) is 13.6. The van der Waals surface area contributed by atoms with Gasteiger partial charge >= 0.3 is 0 Å². The number of morpholine rings is 1. The molecule has 0 radical (unpaired) electrons. The maximum absolute atomic E-state index is 11.9. The predicted octanol–water partition coefficient (Wildman–Crippen LogP) is 0.199. The third kappa shape index (κ3) is 7.68. The Morgan fingerprint density at radius 2 is 1.90 bits per heavy atom. The second-order valence-corrected chi connectivity index (χ2v) is 6.07. The molecule has 0 aromatic carbocycles. The minimum absolute atomic E-state index is 0.0544. The molecule has 0 bridgehead atoms. The minimum atomic E-state index is 0.0544. The molecule has 1 aliphatic heterocycles. The smallest absolute Gasteiger partial charge is 0.232 e. The van der Waals surface area contributed by atoms with E-state index >= 15 is 0 Å². The summed E-state index contributed by atoms with van der Waals surface area (Å²) in [5.41, 5.74) is 0. The van der Waals surface area contributed by atoms with Crippen LogP contribution in [0.5, 0.6) is 0 Å². The average Bonchev–Trinajstić information content (AvgIpc) is 2.52. The van der Waals surface area contributed by atoms with Crippen LogP contribution in [0.15, 0.2) is 0 Å². The number of thioether (sulfide) groups is 1. The molecule has 0 aromatic rings. The summed E-state index contributed by atoms with van der Waals surface area (Å²) in [6.45, 7) is 3.42. The van der Waals surface area contributed by atoms with E-state index in [1.54, 1.807) is 16.8 Å². The molecule has 21 heavy (non-hydrogen) atoms. The van der Waals surface area contributed by atoms with Gasteiger partial charge in [0, 0.05) is 33.3 Å². The number of hydrogen-bond donors (Lipinski definition) is 1. The fraction of sp³-hybridized carbons (Fsp3) is 0.857. The van der Waals surface area contributed by atoms with E-state index in [1.165, 1.54) is 11.8 Å². The van der Waals surface area contributed by atoms with Crippen LogP contribution >= 0.6 is 11.8 Å². The molecule has 0 saturated carbocycles. The summed E-state index contributed by atoms with van der Waals surface area (Å²) in [6, 6.07) is 0. The molecule has 1 saturated heterocycles. The van der Waals surface area contributed by atoms with Crippen molar-refractivity contribution in [3.8, 4) is 0 Å². The summed E-state index contributed by atoms with van der Waals surface area (Å²) in [5.74, 6) is 0.830. The molecule has 1 rings (SSSR count). The number of aliphatic hydroxyl groups excluding tert-OH is 1. The molecular weight excluding hydrogens is 292 g/mol. The van der Waals surface area contributed by atoms with Gasteiger partial charge in [-0.3, -0.25) is 9.59 Å². The van der Waals surface area contributed by atoms with Crippen molar-refractivity contribution in [2.24, 2.45) is 0 Å². The molecule has 1 N–H and O–H groups in total. The number of carbonyl (C=O) groups is 2. The summed E-state index contributed by atoms with van der Waals surface area (Å²) >= 11 is 1.37. The highest BCUT2D eigenvalue weighted by atomic mass is 32.2. The van der Waals surface area contributed by atoms with Gasteiger partial charge in [-0.15, -0.1) is 11.8 Å². The highest BCUT2D eigenvalue weighted by Crippen LogP contribution is 2.07. The fourth-order valence-corrected chi connectivity index (χ4v) is 2.86. The minimum Gasteiger partial charge on any atom is -0.396 e. The van der Waals surface area contributed by atoms with Gasteiger partial charge in [0.1, 0.15) is 0 Å². The lowest BCUT2D eigenvalue weighted by Gasteiger charge is -2.26. The molecule has 1 aliphatic rings. The highest BCUT2D eigenvalue weighted by molar-refractivity contribution is 8.00. The van der Waals surface area contributed by atoms with Crippen molar-refractivity contribution in [3.63, 3.8) is 0 Å². The monoisotopic (exact) mass is 318 g/mol. The van der Waals surface area contributed by atoms with Gasteiger partial charge in [-0.2, -0.15) is 0 Å². The van der Waals surface area contributed by atoms with Crippen LogP contribution in [0.3, 0.4) is 0 Å². The largest absolute Gasteiger partial charge is 0.396 e. The average molecular weight is 318 g/mol. The number of ether oxygens (including phenoxy) is 1. The number of carbonyl (C=O) groups excluding carboxylic acids is 2. The molecule has 0 unspecified atom stereocenters. The van der Waals surface area contributed by atoms with Gasteiger partial charge in [0.15, 0.2) is 0 Å². The van der Waals surface area contributed by atoms with Crippen LogP contribution in [-0.2, 0) is 14.3 Å². The first-order chi connectivity index (χ1) is 10.1. The van der Waals surface area contributed by atoms with Crippen molar-refractivity contribution < 1.29 is 19.4 Å². The molecule has 0 aromatic heterocycles. The first kappa shape index (κ1) is 18.3. The summed E-state index contributed by atoms with van der Waals surface area (Å²) < 4.78 is 5.20. The van der Waals surface area contributed by atoms with Crippen molar-refractivity contribution in [2.45, 2.75) is 19.3 Å². The number of rotatable bonds is 9. The van der Waals surface area contributed by atoms with Crippen molar-refractivity contribution in [1.29, 1.82) is 0 Å². The Bertz CT molecular complexity index is 322. The van der Waals surface area contributed by atoms with Gasteiger partial charge in [-0.1, -0.05) is 0 Å². The lowest BCUT2D eigenvalue weighted by molar-refractivity contribution is -0.132. The van der Waals surface area contributed by atoms with Crippen molar-refractivity contribution in [2.75, 3.05) is 58.0 Å². The Labute approximate surface area is 130 Å². The third-order valence-corrected chi connectivity index (χ3v) is 4.29. The third-order valence-electron chi connectivity index (χ3n) is 3.39. The summed E-state index contributed by atoms with van der Waals surface area (Å²) in [7, 11) is 1.78. The van der Waals surface area contributed by atoms with Gasteiger partial charge in [0.05, 0.1) is 24.7 Å². The molecule has 6 nitrogen and oxygen atoms in total. The van der Waals surface area contributed by atoms with Crippen molar-refractivity contribution >= 4 is 23.6 Å². The second kappa shape index (κ2) is 10.9. The number of hydrogen-bond acceptors (Lipinski definition) is 5. The van der Waals surface area contributed by atoms with Gasteiger partial charge in [0.2, 0.25) is 11.8 Å². The van der Waals surface area contributed by atoms with Crippen LogP contribution in [-0.4, -0.2) is 84.7 Å². The van der Waals surface area contributed by atoms with E-state index in [0.717, 1.165) is 19.3 Å². The van der Waals surface area contributed by atoms with Gasteiger partial charge in [0.25, 0.3) is 0 Å². The Kier molecular flexibility index (Phi) is 9.45. The molecule has 1 fully saturated rings.